The van der Waals surface area contributed by atoms with Crippen LogP contribution in [0.3, 0.4) is 0 Å². The van der Waals surface area contributed by atoms with Crippen molar-refractivity contribution < 1.29 is 19.0 Å². The van der Waals surface area contributed by atoms with E-state index in [1.807, 2.05) is 215 Å². The minimum atomic E-state index is -0.148. The lowest BCUT2D eigenvalue weighted by Crippen LogP contribution is -2.44. The molecule has 1 aromatic heterocycles. The van der Waals surface area contributed by atoms with Crippen molar-refractivity contribution in [2.75, 3.05) is 34.3 Å². The van der Waals surface area contributed by atoms with Crippen LogP contribution < -0.4 is 19.3 Å². The van der Waals surface area contributed by atoms with Crippen molar-refractivity contribution >= 4 is 51.8 Å². The van der Waals surface area contributed by atoms with Gasteiger partial charge in [-0.2, -0.15) is 0 Å². The molecule has 0 aliphatic carbocycles. The lowest BCUT2D eigenvalue weighted by Gasteiger charge is -2.30. The van der Waals surface area contributed by atoms with Crippen LogP contribution in [0, 0.1) is 0 Å². The third-order valence-electron chi connectivity index (χ3n) is 9.51. The Bertz CT molecular complexity index is 2110. The Kier molecular flexibility index (Phi) is 12.7. The highest BCUT2D eigenvalue weighted by Crippen LogP contribution is 2.28. The van der Waals surface area contributed by atoms with Crippen molar-refractivity contribution in [2.45, 2.75) is 19.5 Å². The predicted molar refractivity (Wildman–Crippen MR) is 226 cm³/mol. The summed E-state index contributed by atoms with van der Waals surface area (Å²) in [6.07, 6.45) is 6.41. The van der Waals surface area contributed by atoms with Crippen molar-refractivity contribution in [3.63, 3.8) is 0 Å². The molecule has 7 rings (SSSR count). The van der Waals surface area contributed by atoms with Crippen molar-refractivity contribution in [1.82, 2.24) is 9.47 Å². The second-order valence-corrected chi connectivity index (χ2v) is 13.6. The van der Waals surface area contributed by atoms with E-state index in [1.165, 1.54) is 0 Å². The third kappa shape index (κ3) is 9.96. The molecule has 9 nitrogen and oxygen atoms in total. The highest BCUT2D eigenvalue weighted by atomic mass is 16.2. The number of imidazole rings is 1. The Morgan fingerprint density at radius 3 is 1.09 bits per heavy atom. The summed E-state index contributed by atoms with van der Waals surface area (Å²) in [5.41, 5.74) is 4.60. The molecule has 1 heterocycles. The van der Waals surface area contributed by atoms with Gasteiger partial charge in [-0.1, -0.05) is 109 Å². The number of hydrogen-bond donors (Lipinski definition) is 0. The number of amides is 3. The molecule has 0 aliphatic heterocycles. The number of carbonyl (C=O) groups is 3. The van der Waals surface area contributed by atoms with Crippen LogP contribution in [-0.4, -0.2) is 46.8 Å². The van der Waals surface area contributed by atoms with Crippen molar-refractivity contribution in [1.29, 1.82) is 0 Å². The predicted octanol–water partition coefficient (Wildman–Crippen LogP) is 8.56. The van der Waals surface area contributed by atoms with Gasteiger partial charge in [-0.25, -0.2) is 9.13 Å². The number of para-hydroxylation sites is 6. The molecule has 0 aliphatic rings. The average Bonchev–Trinajstić information content (AvgIpc) is 3.70. The van der Waals surface area contributed by atoms with Crippen LogP contribution in [0.15, 0.2) is 201 Å². The van der Waals surface area contributed by atoms with Gasteiger partial charge in [0.1, 0.15) is 12.4 Å². The lowest BCUT2D eigenvalue weighted by atomic mass is 10.2. The second kappa shape index (κ2) is 19.0. The molecule has 57 heavy (non-hydrogen) atoms. The van der Waals surface area contributed by atoms with Gasteiger partial charge in [-0.15, -0.1) is 0 Å². The molecule has 6 aromatic carbocycles. The zero-order chi connectivity index (χ0) is 39.2. The highest BCUT2D eigenvalue weighted by molar-refractivity contribution is 6.04. The quantitative estimate of drug-likeness (QED) is 0.0928. The normalized spacial score (nSPS) is 10.9. The third-order valence-corrected chi connectivity index (χ3v) is 9.51. The van der Waals surface area contributed by atoms with E-state index in [-0.39, 0.29) is 37.4 Å². The van der Waals surface area contributed by atoms with Crippen molar-refractivity contribution in [3.8, 4) is 0 Å². The van der Waals surface area contributed by atoms with E-state index in [2.05, 4.69) is 0 Å². The molecule has 0 radical (unpaired) electrons. The van der Waals surface area contributed by atoms with Crippen LogP contribution in [0.2, 0.25) is 0 Å². The van der Waals surface area contributed by atoms with Gasteiger partial charge in [-0.3, -0.25) is 34.0 Å². The van der Waals surface area contributed by atoms with E-state index in [4.69, 9.17) is 0 Å². The second-order valence-electron chi connectivity index (χ2n) is 13.6. The molecule has 0 saturated carbocycles. The molecular weight excluding hydrogens is 709 g/mol. The summed E-state index contributed by atoms with van der Waals surface area (Å²) in [6, 6.07) is 57.6. The van der Waals surface area contributed by atoms with E-state index in [9.17, 15) is 14.4 Å². The standard InChI is InChI=1S/C48H45N6O3/c55-46(52(40-20-7-1-8-21-40)41-22-9-2-10-23-41)36-50(37-47(56)53(42-24-11-3-12-25-42)43-26-13-4-14-27-43)33-19-32-49-34-35-51(39-49)38-48(57)54(44-28-15-5-16-29-44)45-30-17-6-18-31-45/h1-18,20-31,34-35,39H,19,32-33,36-38H2/q+1. The Hall–Kier alpha value is -7.10. The molecule has 0 atom stereocenters. The van der Waals surface area contributed by atoms with Gasteiger partial charge >= 0.3 is 0 Å². The lowest BCUT2D eigenvalue weighted by molar-refractivity contribution is -0.683. The summed E-state index contributed by atoms with van der Waals surface area (Å²) in [6.45, 7) is 1.27. The number of benzene rings is 6. The van der Waals surface area contributed by atoms with Gasteiger partial charge in [-0.05, 0) is 79.2 Å². The number of rotatable bonds is 16. The maximum atomic E-state index is 14.4. The minimum absolute atomic E-state index is 0.0158. The number of nitrogens with zero attached hydrogens (tertiary/aromatic N) is 6. The van der Waals surface area contributed by atoms with Crippen molar-refractivity contribution in [2.24, 2.45) is 0 Å². The zero-order valence-electron chi connectivity index (χ0n) is 31.7. The van der Waals surface area contributed by atoms with Crippen molar-refractivity contribution in [3.05, 3.63) is 201 Å². The largest absolute Gasteiger partial charge is 0.285 e. The van der Waals surface area contributed by atoms with E-state index in [0.717, 1.165) is 34.1 Å². The Balaban J connectivity index is 1.09. The Labute approximate surface area is 333 Å². The molecule has 0 fully saturated rings. The van der Waals surface area contributed by atoms with Crippen LogP contribution >= 0.6 is 0 Å². The van der Waals surface area contributed by atoms with Crippen LogP contribution in [0.25, 0.3) is 0 Å². The summed E-state index contributed by atoms with van der Waals surface area (Å²) in [4.78, 5) is 49.6. The van der Waals surface area contributed by atoms with Gasteiger partial charge < -0.3 is 0 Å². The van der Waals surface area contributed by atoms with E-state index in [0.29, 0.717) is 19.5 Å². The molecular formula is C48H45N6O3+. The molecule has 284 valence electrons. The minimum Gasteiger partial charge on any atom is -0.285 e. The first kappa shape index (κ1) is 38.2. The van der Waals surface area contributed by atoms with E-state index >= 15 is 0 Å². The summed E-state index contributed by atoms with van der Waals surface area (Å²) >= 11 is 0. The zero-order valence-corrected chi connectivity index (χ0v) is 31.7. The first-order chi connectivity index (χ1) is 28.0. The first-order valence-corrected chi connectivity index (χ1v) is 19.1. The summed E-state index contributed by atoms with van der Waals surface area (Å²) in [5, 5.41) is 0. The number of hydrogen-bond acceptors (Lipinski definition) is 4. The summed E-state index contributed by atoms with van der Waals surface area (Å²) in [5.74, 6) is -0.365. The molecule has 0 N–H and O–H groups in total. The molecule has 9 heteroatoms. The molecule has 0 unspecified atom stereocenters. The fraction of sp³-hybridized carbons (Fsp3) is 0.125. The van der Waals surface area contributed by atoms with E-state index in [1.54, 1.807) is 14.7 Å². The van der Waals surface area contributed by atoms with Crippen LogP contribution in [0.5, 0.6) is 0 Å². The summed E-state index contributed by atoms with van der Waals surface area (Å²) < 4.78 is 3.91. The number of aromatic nitrogens is 2. The van der Waals surface area contributed by atoms with Crippen LogP contribution in [0.4, 0.5) is 34.1 Å². The fourth-order valence-electron chi connectivity index (χ4n) is 6.88. The first-order valence-electron chi connectivity index (χ1n) is 19.1. The highest BCUT2D eigenvalue weighted by Gasteiger charge is 2.26. The number of aryl methyl sites for hydroxylation is 1. The number of carbonyl (C=O) groups excluding carboxylic acids is 3. The van der Waals surface area contributed by atoms with Gasteiger partial charge in [0.25, 0.3) is 5.91 Å². The molecule has 0 spiro atoms. The van der Waals surface area contributed by atoms with E-state index < -0.39 is 0 Å². The van der Waals surface area contributed by atoms with Crippen LogP contribution in [-0.2, 0) is 27.5 Å². The van der Waals surface area contributed by atoms with Gasteiger partial charge in [0.2, 0.25) is 18.1 Å². The van der Waals surface area contributed by atoms with Crippen LogP contribution in [0.1, 0.15) is 6.42 Å². The molecule has 3 amide bonds. The van der Waals surface area contributed by atoms with Gasteiger partial charge in [0.15, 0.2) is 6.54 Å². The molecule has 7 aromatic rings. The Morgan fingerprint density at radius 2 is 0.754 bits per heavy atom. The van der Waals surface area contributed by atoms with Gasteiger partial charge in [0, 0.05) is 40.7 Å². The monoisotopic (exact) mass is 753 g/mol. The summed E-state index contributed by atoms with van der Waals surface area (Å²) in [7, 11) is 0. The average molecular weight is 754 g/mol. The Morgan fingerprint density at radius 1 is 0.439 bits per heavy atom. The fourth-order valence-corrected chi connectivity index (χ4v) is 6.88. The maximum Gasteiger partial charge on any atom is 0.273 e. The SMILES string of the molecule is O=C(CN(CCCn1cc[n+](CC(=O)N(c2ccccc2)c2ccccc2)c1)CC(=O)N(c1ccccc1)c1ccccc1)N(c1ccccc1)c1ccccc1. The smallest absolute Gasteiger partial charge is 0.273 e. The molecule has 0 saturated heterocycles. The topological polar surface area (TPSA) is 73.0 Å². The van der Waals surface area contributed by atoms with Gasteiger partial charge in [0.05, 0.1) is 19.6 Å². The number of anilines is 6. The molecule has 0 bridgehead atoms. The maximum absolute atomic E-state index is 14.4.